The zero-order chi connectivity index (χ0) is 14.8. The van der Waals surface area contributed by atoms with Gasteiger partial charge in [-0.05, 0) is 44.0 Å². The van der Waals surface area contributed by atoms with Gasteiger partial charge in [0.25, 0.3) is 0 Å². The summed E-state index contributed by atoms with van der Waals surface area (Å²) in [5.41, 5.74) is 7.66. The minimum atomic E-state index is -0.585. The standard InChI is InChI=1S/C16H22FN3/c1-4-16(18,13-6-5-7-14(17)10-13)11-15-8-9-20(19-15)12(2)3/h5-10,12H,4,11,18H2,1-3H3. The highest BCUT2D eigenvalue weighted by molar-refractivity contribution is 5.26. The molecule has 2 rings (SSSR count). The Morgan fingerprint density at radius 2 is 2.10 bits per heavy atom. The van der Waals surface area contributed by atoms with Gasteiger partial charge in [0.1, 0.15) is 5.82 Å². The minimum Gasteiger partial charge on any atom is -0.321 e. The van der Waals surface area contributed by atoms with E-state index in [4.69, 9.17) is 5.73 Å². The van der Waals surface area contributed by atoms with Gasteiger partial charge in [0.05, 0.1) is 5.69 Å². The maximum atomic E-state index is 13.4. The summed E-state index contributed by atoms with van der Waals surface area (Å²) in [4.78, 5) is 0. The lowest BCUT2D eigenvalue weighted by atomic mass is 9.84. The summed E-state index contributed by atoms with van der Waals surface area (Å²) in [5.74, 6) is -0.251. The first kappa shape index (κ1) is 14.7. The second-order valence-electron chi connectivity index (χ2n) is 5.58. The molecule has 1 heterocycles. The van der Waals surface area contributed by atoms with Crippen LogP contribution in [-0.4, -0.2) is 9.78 Å². The van der Waals surface area contributed by atoms with E-state index < -0.39 is 5.54 Å². The summed E-state index contributed by atoms with van der Waals surface area (Å²) >= 11 is 0. The second kappa shape index (κ2) is 5.75. The van der Waals surface area contributed by atoms with E-state index in [0.29, 0.717) is 12.5 Å². The van der Waals surface area contributed by atoms with E-state index in [1.54, 1.807) is 6.07 Å². The van der Waals surface area contributed by atoms with Crippen molar-refractivity contribution < 1.29 is 4.39 Å². The van der Waals surface area contributed by atoms with Crippen molar-refractivity contribution in [2.24, 2.45) is 5.73 Å². The molecule has 0 bridgehead atoms. The summed E-state index contributed by atoms with van der Waals surface area (Å²) in [6, 6.07) is 8.85. The van der Waals surface area contributed by atoms with Gasteiger partial charge in [0, 0.05) is 24.2 Å². The fourth-order valence-electron chi connectivity index (χ4n) is 2.31. The maximum absolute atomic E-state index is 13.4. The summed E-state index contributed by atoms with van der Waals surface area (Å²) in [6.07, 6.45) is 3.29. The van der Waals surface area contributed by atoms with Crippen LogP contribution in [0.25, 0.3) is 0 Å². The van der Waals surface area contributed by atoms with Crippen LogP contribution in [0.3, 0.4) is 0 Å². The number of aromatic nitrogens is 2. The smallest absolute Gasteiger partial charge is 0.123 e. The molecule has 0 aliphatic rings. The fraction of sp³-hybridized carbons (Fsp3) is 0.438. The Bertz CT molecular complexity index is 577. The lowest BCUT2D eigenvalue weighted by Crippen LogP contribution is -2.38. The zero-order valence-corrected chi connectivity index (χ0v) is 12.3. The zero-order valence-electron chi connectivity index (χ0n) is 12.3. The molecule has 0 aliphatic heterocycles. The molecule has 2 aromatic rings. The maximum Gasteiger partial charge on any atom is 0.123 e. The quantitative estimate of drug-likeness (QED) is 0.908. The Morgan fingerprint density at radius 1 is 1.35 bits per heavy atom. The summed E-state index contributed by atoms with van der Waals surface area (Å²) in [5, 5.41) is 4.53. The van der Waals surface area contributed by atoms with E-state index in [2.05, 4.69) is 18.9 Å². The lowest BCUT2D eigenvalue weighted by Gasteiger charge is -2.28. The van der Waals surface area contributed by atoms with Crippen molar-refractivity contribution in [3.8, 4) is 0 Å². The Balaban J connectivity index is 2.26. The van der Waals surface area contributed by atoms with E-state index in [-0.39, 0.29) is 5.82 Å². The Morgan fingerprint density at radius 3 is 2.65 bits per heavy atom. The SMILES string of the molecule is CCC(N)(Cc1ccn(C(C)C)n1)c1cccc(F)c1. The van der Waals surface area contributed by atoms with Crippen molar-refractivity contribution >= 4 is 0 Å². The summed E-state index contributed by atoms with van der Waals surface area (Å²) in [6.45, 7) is 6.18. The first-order valence-corrected chi connectivity index (χ1v) is 7.03. The molecule has 0 saturated heterocycles. The van der Waals surface area contributed by atoms with Crippen LogP contribution in [0, 0.1) is 5.82 Å². The molecule has 4 heteroatoms. The van der Waals surface area contributed by atoms with E-state index in [1.165, 1.54) is 12.1 Å². The number of nitrogens with zero attached hydrogens (tertiary/aromatic N) is 2. The highest BCUT2D eigenvalue weighted by Crippen LogP contribution is 2.26. The number of benzene rings is 1. The third-order valence-corrected chi connectivity index (χ3v) is 3.72. The molecule has 1 atom stereocenters. The molecule has 0 amide bonds. The Hall–Kier alpha value is -1.68. The number of nitrogens with two attached hydrogens (primary N) is 1. The van der Waals surface area contributed by atoms with Gasteiger partial charge in [-0.1, -0.05) is 19.1 Å². The summed E-state index contributed by atoms with van der Waals surface area (Å²) < 4.78 is 15.3. The molecular formula is C16H22FN3. The molecule has 0 saturated carbocycles. The van der Waals surface area contributed by atoms with Crippen molar-refractivity contribution in [1.29, 1.82) is 0 Å². The van der Waals surface area contributed by atoms with Crippen molar-refractivity contribution in [3.63, 3.8) is 0 Å². The third-order valence-electron chi connectivity index (χ3n) is 3.72. The third kappa shape index (κ3) is 3.07. The van der Waals surface area contributed by atoms with E-state index in [0.717, 1.165) is 17.7 Å². The van der Waals surface area contributed by atoms with Crippen LogP contribution in [0.5, 0.6) is 0 Å². The minimum absolute atomic E-state index is 0.251. The van der Waals surface area contributed by atoms with Crippen molar-refractivity contribution in [2.45, 2.75) is 45.2 Å². The molecule has 0 aliphatic carbocycles. The highest BCUT2D eigenvalue weighted by Gasteiger charge is 2.27. The number of halogens is 1. The van der Waals surface area contributed by atoms with Crippen LogP contribution in [0.1, 0.15) is 44.5 Å². The van der Waals surface area contributed by atoms with E-state index in [9.17, 15) is 4.39 Å². The average molecular weight is 275 g/mol. The predicted molar refractivity (Wildman–Crippen MR) is 78.9 cm³/mol. The number of hydrogen-bond acceptors (Lipinski definition) is 2. The van der Waals surface area contributed by atoms with Crippen LogP contribution in [0.2, 0.25) is 0 Å². The van der Waals surface area contributed by atoms with Gasteiger partial charge >= 0.3 is 0 Å². The molecule has 1 aromatic heterocycles. The van der Waals surface area contributed by atoms with Gasteiger partial charge in [0.15, 0.2) is 0 Å². The molecule has 1 unspecified atom stereocenters. The van der Waals surface area contributed by atoms with Crippen molar-refractivity contribution in [1.82, 2.24) is 9.78 Å². The van der Waals surface area contributed by atoms with Gasteiger partial charge < -0.3 is 5.73 Å². The number of rotatable bonds is 5. The molecule has 108 valence electrons. The van der Waals surface area contributed by atoms with Gasteiger partial charge in [-0.25, -0.2) is 4.39 Å². The molecule has 0 spiro atoms. The predicted octanol–water partition coefficient (Wildman–Crippen LogP) is 3.41. The van der Waals surface area contributed by atoms with Gasteiger partial charge in [-0.2, -0.15) is 5.10 Å². The molecule has 2 N–H and O–H groups in total. The van der Waals surface area contributed by atoms with Crippen LogP contribution in [0.4, 0.5) is 4.39 Å². The van der Waals surface area contributed by atoms with E-state index in [1.807, 2.05) is 29.9 Å². The van der Waals surface area contributed by atoms with Crippen molar-refractivity contribution in [3.05, 3.63) is 53.6 Å². The van der Waals surface area contributed by atoms with E-state index >= 15 is 0 Å². The molecule has 1 aromatic carbocycles. The first-order chi connectivity index (χ1) is 9.44. The molecular weight excluding hydrogens is 253 g/mol. The molecule has 0 radical (unpaired) electrons. The molecule has 3 nitrogen and oxygen atoms in total. The molecule has 0 fully saturated rings. The van der Waals surface area contributed by atoms with Crippen LogP contribution < -0.4 is 5.73 Å². The van der Waals surface area contributed by atoms with Gasteiger partial charge in [-0.3, -0.25) is 4.68 Å². The Kier molecular flexibility index (Phi) is 4.23. The monoisotopic (exact) mass is 275 g/mol. The normalized spacial score (nSPS) is 14.5. The van der Waals surface area contributed by atoms with Crippen molar-refractivity contribution in [2.75, 3.05) is 0 Å². The average Bonchev–Trinajstić information content (AvgIpc) is 2.87. The largest absolute Gasteiger partial charge is 0.321 e. The lowest BCUT2D eigenvalue weighted by molar-refractivity contribution is 0.412. The molecule has 20 heavy (non-hydrogen) atoms. The number of hydrogen-bond donors (Lipinski definition) is 1. The second-order valence-corrected chi connectivity index (χ2v) is 5.58. The fourth-order valence-corrected chi connectivity index (χ4v) is 2.31. The van der Waals surface area contributed by atoms with Crippen LogP contribution >= 0.6 is 0 Å². The topological polar surface area (TPSA) is 43.8 Å². The van der Waals surface area contributed by atoms with Crippen LogP contribution in [0.15, 0.2) is 36.5 Å². The Labute approximate surface area is 119 Å². The highest BCUT2D eigenvalue weighted by atomic mass is 19.1. The van der Waals surface area contributed by atoms with Gasteiger partial charge in [0.2, 0.25) is 0 Å². The summed E-state index contributed by atoms with van der Waals surface area (Å²) in [7, 11) is 0. The van der Waals surface area contributed by atoms with Gasteiger partial charge in [-0.15, -0.1) is 0 Å². The first-order valence-electron chi connectivity index (χ1n) is 7.03. The van der Waals surface area contributed by atoms with Crippen LogP contribution in [-0.2, 0) is 12.0 Å².